The van der Waals surface area contributed by atoms with E-state index in [-0.39, 0.29) is 5.56 Å². The van der Waals surface area contributed by atoms with Crippen LogP contribution in [0.3, 0.4) is 0 Å². The topological polar surface area (TPSA) is 78.8 Å². The average molecular weight is 461 g/mol. The molecular weight excluding hydrogens is 428 g/mol. The lowest BCUT2D eigenvalue weighted by molar-refractivity contribution is 0.0694. The Bertz CT molecular complexity index is 1110. The maximum Gasteiger partial charge on any atom is 0.339 e. The molecule has 178 valence electrons. The molecule has 0 bridgehead atoms. The molecule has 0 aliphatic carbocycles. The summed E-state index contributed by atoms with van der Waals surface area (Å²) in [4.78, 5) is 25.3. The maximum absolute atomic E-state index is 11.7. The van der Waals surface area contributed by atoms with Gasteiger partial charge in [-0.05, 0) is 49.4 Å². The molecule has 2 heterocycles. The number of benzene rings is 2. The fraction of sp³-hybridized carbons (Fsp3) is 0.370. The maximum atomic E-state index is 11.7. The van der Waals surface area contributed by atoms with E-state index in [1.54, 1.807) is 0 Å². The number of ether oxygens (including phenoxy) is 1. The van der Waals surface area contributed by atoms with Gasteiger partial charge in [-0.15, -0.1) is 0 Å². The van der Waals surface area contributed by atoms with Crippen molar-refractivity contribution >= 4 is 11.9 Å². The molecule has 4 rings (SSSR count). The quantitative estimate of drug-likeness (QED) is 0.521. The van der Waals surface area contributed by atoms with Crippen LogP contribution < -0.4 is 9.64 Å². The van der Waals surface area contributed by atoms with E-state index in [2.05, 4.69) is 39.7 Å². The first-order chi connectivity index (χ1) is 16.5. The first-order valence-electron chi connectivity index (χ1n) is 11.8. The van der Waals surface area contributed by atoms with E-state index < -0.39 is 5.97 Å². The van der Waals surface area contributed by atoms with Gasteiger partial charge in [0.25, 0.3) is 0 Å². The molecule has 3 aromatic rings. The molecule has 7 heteroatoms. The third kappa shape index (κ3) is 5.91. The van der Waals surface area contributed by atoms with Crippen LogP contribution in [-0.2, 0) is 12.8 Å². The van der Waals surface area contributed by atoms with Gasteiger partial charge in [0.05, 0.1) is 11.3 Å². The smallest absolute Gasteiger partial charge is 0.339 e. The zero-order valence-corrected chi connectivity index (χ0v) is 19.9. The third-order valence-corrected chi connectivity index (χ3v) is 6.45. The van der Waals surface area contributed by atoms with Crippen LogP contribution in [0.1, 0.15) is 32.7 Å². The second kappa shape index (κ2) is 11.1. The molecule has 7 nitrogen and oxygen atoms in total. The van der Waals surface area contributed by atoms with Gasteiger partial charge in [-0.2, -0.15) is 0 Å². The summed E-state index contributed by atoms with van der Waals surface area (Å²) < 4.78 is 6.01. The molecule has 2 aromatic carbocycles. The number of carboxylic acids is 1. The van der Waals surface area contributed by atoms with Crippen molar-refractivity contribution in [1.82, 2.24) is 14.9 Å². The Hall–Kier alpha value is -3.45. The van der Waals surface area contributed by atoms with Gasteiger partial charge >= 0.3 is 5.97 Å². The van der Waals surface area contributed by atoms with Gasteiger partial charge in [-0.25, -0.2) is 14.8 Å². The van der Waals surface area contributed by atoms with Crippen molar-refractivity contribution in [2.24, 2.45) is 0 Å². The van der Waals surface area contributed by atoms with Crippen LogP contribution in [0, 0.1) is 13.8 Å². The van der Waals surface area contributed by atoms with Crippen molar-refractivity contribution in [3.8, 4) is 5.75 Å². The SMILES string of the molecule is Cc1cccc(OCCN2CCN(c3ncc(C(=O)O)c(CCc4ccccc4)n3)CC2)c1C. The highest BCUT2D eigenvalue weighted by molar-refractivity contribution is 5.88. The molecule has 0 spiro atoms. The summed E-state index contributed by atoms with van der Waals surface area (Å²) in [6.45, 7) is 9.08. The summed E-state index contributed by atoms with van der Waals surface area (Å²) in [7, 11) is 0. The highest BCUT2D eigenvalue weighted by Gasteiger charge is 2.21. The fourth-order valence-electron chi connectivity index (χ4n) is 4.17. The Balaban J connectivity index is 1.32. The fourth-order valence-corrected chi connectivity index (χ4v) is 4.17. The van der Waals surface area contributed by atoms with E-state index in [0.717, 1.165) is 50.5 Å². The first-order valence-corrected chi connectivity index (χ1v) is 11.8. The van der Waals surface area contributed by atoms with E-state index in [4.69, 9.17) is 4.74 Å². The van der Waals surface area contributed by atoms with Gasteiger partial charge in [0.2, 0.25) is 5.95 Å². The van der Waals surface area contributed by atoms with Crippen LogP contribution in [0.15, 0.2) is 54.7 Å². The summed E-state index contributed by atoms with van der Waals surface area (Å²) in [5.74, 6) is 0.580. The molecule has 0 atom stereocenters. The van der Waals surface area contributed by atoms with Crippen LogP contribution in [0.4, 0.5) is 5.95 Å². The largest absolute Gasteiger partial charge is 0.492 e. The van der Waals surface area contributed by atoms with E-state index in [1.165, 1.54) is 17.3 Å². The Morgan fingerprint density at radius 1 is 1.00 bits per heavy atom. The van der Waals surface area contributed by atoms with Crippen LogP contribution in [0.2, 0.25) is 0 Å². The number of carboxylic acid groups (broad SMARTS) is 1. The van der Waals surface area contributed by atoms with Gasteiger partial charge in [0.15, 0.2) is 0 Å². The normalized spacial score (nSPS) is 14.2. The van der Waals surface area contributed by atoms with Crippen molar-refractivity contribution in [2.75, 3.05) is 44.2 Å². The summed E-state index contributed by atoms with van der Waals surface area (Å²) in [6.07, 6.45) is 2.76. The number of hydrogen-bond acceptors (Lipinski definition) is 6. The van der Waals surface area contributed by atoms with Gasteiger partial charge in [0, 0.05) is 38.9 Å². The van der Waals surface area contributed by atoms with E-state index >= 15 is 0 Å². The minimum atomic E-state index is -0.983. The summed E-state index contributed by atoms with van der Waals surface area (Å²) >= 11 is 0. The Morgan fingerprint density at radius 2 is 1.76 bits per heavy atom. The molecule has 0 amide bonds. The summed E-state index contributed by atoms with van der Waals surface area (Å²) in [6, 6.07) is 16.2. The van der Waals surface area contributed by atoms with Crippen molar-refractivity contribution in [2.45, 2.75) is 26.7 Å². The lowest BCUT2D eigenvalue weighted by Gasteiger charge is -2.34. The minimum absolute atomic E-state index is 0.182. The number of aryl methyl sites for hydroxylation is 3. The molecule has 0 radical (unpaired) electrons. The monoisotopic (exact) mass is 460 g/mol. The number of anilines is 1. The van der Waals surface area contributed by atoms with Gasteiger partial charge in [0.1, 0.15) is 12.4 Å². The van der Waals surface area contributed by atoms with E-state index in [0.29, 0.717) is 24.7 Å². The lowest BCUT2D eigenvalue weighted by atomic mass is 10.1. The molecule has 1 aromatic heterocycles. The molecule has 1 saturated heterocycles. The van der Waals surface area contributed by atoms with E-state index in [1.807, 2.05) is 42.5 Å². The van der Waals surface area contributed by atoms with Crippen molar-refractivity contribution in [1.29, 1.82) is 0 Å². The summed E-state index contributed by atoms with van der Waals surface area (Å²) in [5, 5.41) is 9.58. The Kier molecular flexibility index (Phi) is 7.75. The zero-order valence-electron chi connectivity index (χ0n) is 19.9. The summed E-state index contributed by atoms with van der Waals surface area (Å²) in [5.41, 5.74) is 4.36. The number of aromatic carboxylic acids is 1. The standard InChI is InChI=1S/C27H32N4O3/c1-20-7-6-10-25(21(20)2)34-18-17-30-13-15-31(16-14-30)27-28-19-23(26(32)33)24(29-27)12-11-22-8-4-3-5-9-22/h3-10,19H,11-18H2,1-2H3,(H,32,33). The van der Waals surface area contributed by atoms with Gasteiger partial charge in [-0.3, -0.25) is 4.90 Å². The zero-order chi connectivity index (χ0) is 23.9. The van der Waals surface area contributed by atoms with Crippen LogP contribution in [0.25, 0.3) is 0 Å². The molecular formula is C27H32N4O3. The average Bonchev–Trinajstić information content (AvgIpc) is 2.86. The molecule has 1 aliphatic heterocycles. The van der Waals surface area contributed by atoms with Gasteiger partial charge < -0.3 is 14.7 Å². The van der Waals surface area contributed by atoms with Gasteiger partial charge in [-0.1, -0.05) is 42.5 Å². The molecule has 1 N–H and O–H groups in total. The Labute approximate surface area is 201 Å². The predicted octanol–water partition coefficient (Wildman–Crippen LogP) is 3.78. The second-order valence-electron chi connectivity index (χ2n) is 8.70. The van der Waals surface area contributed by atoms with E-state index in [9.17, 15) is 9.90 Å². The van der Waals surface area contributed by atoms with Crippen LogP contribution >= 0.6 is 0 Å². The molecule has 0 saturated carbocycles. The Morgan fingerprint density at radius 3 is 2.50 bits per heavy atom. The predicted molar refractivity (Wildman–Crippen MR) is 133 cm³/mol. The molecule has 34 heavy (non-hydrogen) atoms. The highest BCUT2D eigenvalue weighted by Crippen LogP contribution is 2.21. The van der Waals surface area contributed by atoms with Crippen molar-refractivity contribution in [3.05, 3.63) is 82.7 Å². The number of hydrogen-bond donors (Lipinski definition) is 1. The number of piperazine rings is 1. The van der Waals surface area contributed by atoms with Crippen molar-refractivity contribution < 1.29 is 14.6 Å². The second-order valence-corrected chi connectivity index (χ2v) is 8.70. The highest BCUT2D eigenvalue weighted by atomic mass is 16.5. The lowest BCUT2D eigenvalue weighted by Crippen LogP contribution is -2.48. The number of aromatic nitrogens is 2. The van der Waals surface area contributed by atoms with Crippen LogP contribution in [-0.4, -0.2) is 65.3 Å². The molecule has 1 fully saturated rings. The van der Waals surface area contributed by atoms with Crippen LogP contribution in [0.5, 0.6) is 5.75 Å². The third-order valence-electron chi connectivity index (χ3n) is 6.45. The minimum Gasteiger partial charge on any atom is -0.492 e. The number of carbonyl (C=O) groups is 1. The molecule has 0 unspecified atom stereocenters. The number of nitrogens with zero attached hydrogens (tertiary/aromatic N) is 4. The first kappa shape index (κ1) is 23.7. The van der Waals surface area contributed by atoms with Crippen molar-refractivity contribution in [3.63, 3.8) is 0 Å². The number of rotatable bonds is 9. The molecule has 1 aliphatic rings.